The number of anilines is 1. The summed E-state index contributed by atoms with van der Waals surface area (Å²) in [4.78, 5) is 28.5. The third-order valence-corrected chi connectivity index (χ3v) is 6.51. The van der Waals surface area contributed by atoms with Gasteiger partial charge in [0, 0.05) is 17.3 Å². The first-order valence-corrected chi connectivity index (χ1v) is 10.3. The number of likely N-dealkylation sites (tertiary alicyclic amines) is 1. The molecule has 3 unspecified atom stereocenters. The summed E-state index contributed by atoms with van der Waals surface area (Å²) in [6, 6.07) is 15.1. The van der Waals surface area contributed by atoms with Crippen LogP contribution in [0.25, 0.3) is 0 Å². The van der Waals surface area contributed by atoms with E-state index >= 15 is 0 Å². The van der Waals surface area contributed by atoms with Gasteiger partial charge >= 0.3 is 0 Å². The molecule has 1 aliphatic heterocycles. The van der Waals surface area contributed by atoms with Crippen LogP contribution in [0, 0.1) is 19.8 Å². The third-order valence-electron chi connectivity index (χ3n) is 6.51. The van der Waals surface area contributed by atoms with Crippen LogP contribution in [0.4, 0.5) is 5.69 Å². The fourth-order valence-electron chi connectivity index (χ4n) is 4.82. The zero-order chi connectivity index (χ0) is 19.7. The van der Waals surface area contributed by atoms with Gasteiger partial charge in [-0.1, -0.05) is 43.2 Å². The van der Waals surface area contributed by atoms with E-state index in [1.807, 2.05) is 67.3 Å². The molecule has 1 N–H and O–H groups in total. The standard InChI is InChI=1S/C24H28N2O2/c1-16-9-8-13-20(17(16)2)25-23(27)22-15-19-12-6-7-14-21(19)26(22)24(28)18-10-4-3-5-11-18/h3-5,8-11,13,19,21-22H,6-7,12,14-15H2,1-2H3,(H,25,27). The summed E-state index contributed by atoms with van der Waals surface area (Å²) in [5.41, 5.74) is 3.73. The Kier molecular flexibility index (Phi) is 5.21. The number of benzene rings is 2. The predicted octanol–water partition coefficient (Wildman–Crippen LogP) is 4.72. The lowest BCUT2D eigenvalue weighted by molar-refractivity contribution is -0.120. The van der Waals surface area contributed by atoms with Gasteiger partial charge in [0.2, 0.25) is 5.91 Å². The molecule has 28 heavy (non-hydrogen) atoms. The molecule has 0 radical (unpaired) electrons. The first-order chi connectivity index (χ1) is 13.6. The van der Waals surface area contributed by atoms with Gasteiger partial charge in [-0.15, -0.1) is 0 Å². The van der Waals surface area contributed by atoms with E-state index in [4.69, 9.17) is 0 Å². The monoisotopic (exact) mass is 376 g/mol. The fourth-order valence-corrected chi connectivity index (χ4v) is 4.82. The van der Waals surface area contributed by atoms with Gasteiger partial charge in [0.25, 0.3) is 5.91 Å². The van der Waals surface area contributed by atoms with Crippen molar-refractivity contribution in [3.63, 3.8) is 0 Å². The number of carbonyl (C=O) groups excluding carboxylic acids is 2. The number of hydrogen-bond acceptors (Lipinski definition) is 2. The van der Waals surface area contributed by atoms with Gasteiger partial charge in [-0.25, -0.2) is 0 Å². The lowest BCUT2D eigenvalue weighted by atomic mass is 9.84. The molecule has 1 saturated heterocycles. The molecule has 0 spiro atoms. The van der Waals surface area contributed by atoms with Crippen molar-refractivity contribution in [2.45, 2.75) is 58.0 Å². The van der Waals surface area contributed by atoms with Crippen molar-refractivity contribution in [3.8, 4) is 0 Å². The highest BCUT2D eigenvalue weighted by Gasteiger charge is 2.47. The van der Waals surface area contributed by atoms with E-state index in [1.165, 1.54) is 6.42 Å². The zero-order valence-electron chi connectivity index (χ0n) is 16.7. The molecule has 4 heteroatoms. The van der Waals surface area contributed by atoms with E-state index in [2.05, 4.69) is 5.32 Å². The summed E-state index contributed by atoms with van der Waals surface area (Å²) in [7, 11) is 0. The maximum atomic E-state index is 13.3. The number of amides is 2. The molecule has 146 valence electrons. The predicted molar refractivity (Wildman–Crippen MR) is 111 cm³/mol. The lowest BCUT2D eigenvalue weighted by Crippen LogP contribution is -2.47. The number of nitrogens with one attached hydrogen (secondary N) is 1. The normalized spacial score (nSPS) is 23.9. The summed E-state index contributed by atoms with van der Waals surface area (Å²) in [5, 5.41) is 3.11. The molecule has 2 aliphatic rings. The summed E-state index contributed by atoms with van der Waals surface area (Å²) in [5.74, 6) is 0.347. The van der Waals surface area contributed by atoms with E-state index in [1.54, 1.807) is 0 Å². The van der Waals surface area contributed by atoms with Crippen LogP contribution in [0.15, 0.2) is 48.5 Å². The lowest BCUT2D eigenvalue weighted by Gasteiger charge is -2.33. The molecule has 0 bridgehead atoms. The molecular weight excluding hydrogens is 348 g/mol. The molecule has 1 saturated carbocycles. The highest BCUT2D eigenvalue weighted by Crippen LogP contribution is 2.41. The topological polar surface area (TPSA) is 49.4 Å². The number of nitrogens with zero attached hydrogens (tertiary/aromatic N) is 1. The Morgan fingerprint density at radius 2 is 1.71 bits per heavy atom. The number of hydrogen-bond donors (Lipinski definition) is 1. The maximum Gasteiger partial charge on any atom is 0.254 e. The average Bonchev–Trinajstić information content (AvgIpc) is 3.11. The summed E-state index contributed by atoms with van der Waals surface area (Å²) < 4.78 is 0. The quantitative estimate of drug-likeness (QED) is 0.843. The van der Waals surface area contributed by atoms with Crippen LogP contribution in [0.5, 0.6) is 0 Å². The van der Waals surface area contributed by atoms with E-state index in [0.717, 1.165) is 42.5 Å². The molecule has 2 fully saturated rings. The fraction of sp³-hybridized carbons (Fsp3) is 0.417. The molecule has 0 aromatic heterocycles. The number of aryl methyl sites for hydroxylation is 1. The first kappa shape index (κ1) is 18.7. The van der Waals surface area contributed by atoms with E-state index in [0.29, 0.717) is 11.5 Å². The second kappa shape index (κ2) is 7.78. The minimum absolute atomic E-state index is 0.0175. The smallest absolute Gasteiger partial charge is 0.254 e. The van der Waals surface area contributed by atoms with Crippen LogP contribution in [-0.2, 0) is 4.79 Å². The molecule has 4 nitrogen and oxygen atoms in total. The van der Waals surface area contributed by atoms with Gasteiger partial charge in [-0.3, -0.25) is 9.59 Å². The van der Waals surface area contributed by atoms with Crippen LogP contribution in [-0.4, -0.2) is 28.8 Å². The van der Waals surface area contributed by atoms with Crippen molar-refractivity contribution < 1.29 is 9.59 Å². The highest BCUT2D eigenvalue weighted by molar-refractivity contribution is 6.02. The van der Waals surface area contributed by atoms with Gasteiger partial charge in [0.1, 0.15) is 6.04 Å². The second-order valence-electron chi connectivity index (χ2n) is 8.18. The molecule has 2 amide bonds. The number of rotatable bonds is 3. The Hall–Kier alpha value is -2.62. The van der Waals surface area contributed by atoms with Crippen molar-refractivity contribution in [1.82, 2.24) is 4.90 Å². The van der Waals surface area contributed by atoms with Crippen molar-refractivity contribution in [2.75, 3.05) is 5.32 Å². The van der Waals surface area contributed by atoms with Crippen LogP contribution >= 0.6 is 0 Å². The molecule has 2 aromatic carbocycles. The summed E-state index contributed by atoms with van der Waals surface area (Å²) >= 11 is 0. The van der Waals surface area contributed by atoms with Gasteiger partial charge in [-0.2, -0.15) is 0 Å². The van der Waals surface area contributed by atoms with Crippen LogP contribution in [0.2, 0.25) is 0 Å². The van der Waals surface area contributed by atoms with E-state index < -0.39 is 6.04 Å². The number of carbonyl (C=O) groups is 2. The highest BCUT2D eigenvalue weighted by atomic mass is 16.2. The molecule has 1 heterocycles. The third kappa shape index (κ3) is 3.44. The van der Waals surface area contributed by atoms with Gasteiger partial charge < -0.3 is 10.2 Å². The largest absolute Gasteiger partial charge is 0.324 e. The summed E-state index contributed by atoms with van der Waals surface area (Å²) in [6.07, 6.45) is 5.19. The van der Waals surface area contributed by atoms with Crippen molar-refractivity contribution >= 4 is 17.5 Å². The molecule has 1 aliphatic carbocycles. The van der Waals surface area contributed by atoms with Crippen molar-refractivity contribution in [2.24, 2.45) is 5.92 Å². The maximum absolute atomic E-state index is 13.3. The van der Waals surface area contributed by atoms with Crippen molar-refractivity contribution in [3.05, 3.63) is 65.2 Å². The first-order valence-electron chi connectivity index (χ1n) is 10.3. The SMILES string of the molecule is Cc1cccc(NC(=O)C2CC3CCCCC3N2C(=O)c2ccccc2)c1C. The molecular formula is C24H28N2O2. The molecule has 3 atom stereocenters. The van der Waals surface area contributed by atoms with Gasteiger partial charge in [0.15, 0.2) is 0 Å². The molecule has 2 aromatic rings. The van der Waals surface area contributed by atoms with Crippen LogP contribution in [0.1, 0.15) is 53.6 Å². The van der Waals surface area contributed by atoms with Crippen molar-refractivity contribution in [1.29, 1.82) is 0 Å². The molecule has 4 rings (SSSR count). The van der Waals surface area contributed by atoms with E-state index in [-0.39, 0.29) is 17.9 Å². The Morgan fingerprint density at radius 1 is 0.964 bits per heavy atom. The van der Waals surface area contributed by atoms with Crippen LogP contribution < -0.4 is 5.32 Å². The Bertz CT molecular complexity index is 877. The second-order valence-corrected chi connectivity index (χ2v) is 8.18. The van der Waals surface area contributed by atoms with Gasteiger partial charge in [0.05, 0.1) is 0 Å². The van der Waals surface area contributed by atoms with Crippen LogP contribution in [0.3, 0.4) is 0 Å². The van der Waals surface area contributed by atoms with E-state index in [9.17, 15) is 9.59 Å². The Labute approximate surface area is 166 Å². The number of fused-ring (bicyclic) bond motifs is 1. The Balaban J connectivity index is 1.62. The minimum Gasteiger partial charge on any atom is -0.324 e. The zero-order valence-corrected chi connectivity index (χ0v) is 16.7. The summed E-state index contributed by atoms with van der Waals surface area (Å²) in [6.45, 7) is 4.06. The average molecular weight is 377 g/mol. The van der Waals surface area contributed by atoms with Gasteiger partial charge in [-0.05, 0) is 68.4 Å². The minimum atomic E-state index is -0.402. The Morgan fingerprint density at radius 3 is 2.50 bits per heavy atom.